The zero-order chi connectivity index (χ0) is 9.61. The van der Waals surface area contributed by atoms with Crippen LogP contribution in [0.5, 0.6) is 0 Å². The van der Waals surface area contributed by atoms with Gasteiger partial charge in [0.15, 0.2) is 0 Å². The summed E-state index contributed by atoms with van der Waals surface area (Å²) in [6, 6.07) is 0.368. The lowest BCUT2D eigenvalue weighted by atomic mass is 9.97. The summed E-state index contributed by atoms with van der Waals surface area (Å²) in [4.78, 5) is 0. The molecule has 0 aromatic rings. The number of nitrogens with one attached hydrogen (secondary N) is 1. The third-order valence-electron chi connectivity index (χ3n) is 1.99. The number of hydrogen-bond donors (Lipinski definition) is 2. The average Bonchev–Trinajstić information content (AvgIpc) is 2.03. The highest BCUT2D eigenvalue weighted by Crippen LogP contribution is 2.10. The first kappa shape index (κ1) is 11.9. The van der Waals surface area contributed by atoms with Gasteiger partial charge in [-0.1, -0.05) is 20.8 Å². The van der Waals surface area contributed by atoms with E-state index in [0.717, 1.165) is 6.42 Å². The second-order valence-electron chi connectivity index (χ2n) is 3.52. The summed E-state index contributed by atoms with van der Waals surface area (Å²) in [7, 11) is 1.65. The molecule has 0 radical (unpaired) electrons. The van der Waals surface area contributed by atoms with E-state index in [1.165, 1.54) is 0 Å². The van der Waals surface area contributed by atoms with Crippen molar-refractivity contribution in [2.75, 3.05) is 20.3 Å². The first-order chi connectivity index (χ1) is 5.60. The number of methoxy groups -OCH3 is 1. The molecule has 0 bridgehead atoms. The standard InChI is InChI=1S/C9H21NO2/c1-5-9(6-11,7-12-4)10-8(2)3/h8,10-11H,5-7H2,1-4H3. The van der Waals surface area contributed by atoms with Crippen LogP contribution in [0.25, 0.3) is 0 Å². The van der Waals surface area contributed by atoms with Crippen molar-refractivity contribution in [2.24, 2.45) is 0 Å². The van der Waals surface area contributed by atoms with Crippen LogP contribution in [0.1, 0.15) is 27.2 Å². The molecule has 0 saturated heterocycles. The van der Waals surface area contributed by atoms with Crippen LogP contribution in [-0.2, 0) is 4.74 Å². The average molecular weight is 175 g/mol. The molecule has 0 aromatic heterocycles. The van der Waals surface area contributed by atoms with Crippen LogP contribution in [0.2, 0.25) is 0 Å². The molecule has 0 amide bonds. The van der Waals surface area contributed by atoms with Gasteiger partial charge < -0.3 is 15.2 Å². The van der Waals surface area contributed by atoms with Crippen LogP contribution in [-0.4, -0.2) is 37.0 Å². The van der Waals surface area contributed by atoms with E-state index in [9.17, 15) is 5.11 Å². The number of ether oxygens (including phenoxy) is 1. The molecule has 0 fully saturated rings. The van der Waals surface area contributed by atoms with E-state index in [-0.39, 0.29) is 12.1 Å². The van der Waals surface area contributed by atoms with Crippen LogP contribution >= 0.6 is 0 Å². The molecule has 0 aliphatic rings. The highest BCUT2D eigenvalue weighted by atomic mass is 16.5. The maximum Gasteiger partial charge on any atom is 0.0667 e. The Balaban J connectivity index is 4.13. The number of aliphatic hydroxyl groups excluding tert-OH is 1. The van der Waals surface area contributed by atoms with Gasteiger partial charge in [-0.25, -0.2) is 0 Å². The minimum Gasteiger partial charge on any atom is -0.394 e. The molecule has 0 aromatic carbocycles. The van der Waals surface area contributed by atoms with Crippen molar-refractivity contribution >= 4 is 0 Å². The smallest absolute Gasteiger partial charge is 0.0667 e. The number of rotatable bonds is 6. The van der Waals surface area contributed by atoms with Crippen molar-refractivity contribution in [1.29, 1.82) is 0 Å². The SMILES string of the molecule is CCC(CO)(COC)NC(C)C. The summed E-state index contributed by atoms with van der Waals surface area (Å²) < 4.78 is 5.07. The zero-order valence-electron chi connectivity index (χ0n) is 8.55. The molecule has 1 unspecified atom stereocenters. The Labute approximate surface area is 75.1 Å². The number of aliphatic hydroxyl groups is 1. The first-order valence-corrected chi connectivity index (χ1v) is 4.47. The summed E-state index contributed by atoms with van der Waals surface area (Å²) in [5.74, 6) is 0. The zero-order valence-corrected chi connectivity index (χ0v) is 8.55. The third-order valence-corrected chi connectivity index (χ3v) is 1.99. The monoisotopic (exact) mass is 175 g/mol. The maximum atomic E-state index is 9.21. The highest BCUT2D eigenvalue weighted by Gasteiger charge is 2.27. The fraction of sp³-hybridized carbons (Fsp3) is 1.00. The predicted octanol–water partition coefficient (Wildman–Crippen LogP) is 0.772. The summed E-state index contributed by atoms with van der Waals surface area (Å²) >= 11 is 0. The van der Waals surface area contributed by atoms with Gasteiger partial charge in [0.2, 0.25) is 0 Å². The Morgan fingerprint density at radius 1 is 1.50 bits per heavy atom. The normalized spacial score (nSPS) is 16.5. The lowest BCUT2D eigenvalue weighted by Gasteiger charge is -2.33. The molecule has 0 spiro atoms. The minimum atomic E-state index is -0.261. The van der Waals surface area contributed by atoms with E-state index in [4.69, 9.17) is 4.74 Å². The van der Waals surface area contributed by atoms with Crippen LogP contribution < -0.4 is 5.32 Å². The first-order valence-electron chi connectivity index (χ1n) is 4.47. The Hall–Kier alpha value is -0.120. The Morgan fingerprint density at radius 3 is 2.33 bits per heavy atom. The predicted molar refractivity (Wildman–Crippen MR) is 50.3 cm³/mol. The second-order valence-corrected chi connectivity index (χ2v) is 3.52. The molecule has 74 valence electrons. The Bertz CT molecular complexity index is 111. The third kappa shape index (κ3) is 3.52. The lowest BCUT2D eigenvalue weighted by molar-refractivity contribution is 0.0543. The van der Waals surface area contributed by atoms with Gasteiger partial charge in [-0.15, -0.1) is 0 Å². The molecule has 0 rings (SSSR count). The second kappa shape index (κ2) is 5.51. The summed E-state index contributed by atoms with van der Waals surface area (Å²) in [6.45, 7) is 6.85. The fourth-order valence-corrected chi connectivity index (χ4v) is 1.34. The molecule has 0 aliphatic heterocycles. The van der Waals surface area contributed by atoms with Crippen LogP contribution in [0, 0.1) is 0 Å². The van der Waals surface area contributed by atoms with Gasteiger partial charge in [0.05, 0.1) is 18.8 Å². The maximum absolute atomic E-state index is 9.21. The quantitative estimate of drug-likeness (QED) is 0.626. The van der Waals surface area contributed by atoms with Gasteiger partial charge >= 0.3 is 0 Å². The van der Waals surface area contributed by atoms with E-state index in [2.05, 4.69) is 19.2 Å². The van der Waals surface area contributed by atoms with Gasteiger partial charge in [-0.05, 0) is 6.42 Å². The van der Waals surface area contributed by atoms with E-state index in [1.807, 2.05) is 6.92 Å². The lowest BCUT2D eigenvalue weighted by Crippen LogP contribution is -2.54. The Morgan fingerprint density at radius 2 is 2.08 bits per heavy atom. The summed E-state index contributed by atoms with van der Waals surface area (Å²) in [6.07, 6.45) is 0.871. The molecule has 2 N–H and O–H groups in total. The van der Waals surface area contributed by atoms with Gasteiger partial charge in [-0.3, -0.25) is 0 Å². The fourth-order valence-electron chi connectivity index (χ4n) is 1.34. The molecule has 3 nitrogen and oxygen atoms in total. The van der Waals surface area contributed by atoms with Crippen molar-refractivity contribution in [2.45, 2.75) is 38.8 Å². The minimum absolute atomic E-state index is 0.121. The van der Waals surface area contributed by atoms with Crippen LogP contribution in [0.15, 0.2) is 0 Å². The highest BCUT2D eigenvalue weighted by molar-refractivity contribution is 4.87. The Kier molecular flexibility index (Phi) is 5.46. The topological polar surface area (TPSA) is 41.5 Å². The van der Waals surface area contributed by atoms with Gasteiger partial charge in [-0.2, -0.15) is 0 Å². The summed E-state index contributed by atoms with van der Waals surface area (Å²) in [5, 5.41) is 12.5. The van der Waals surface area contributed by atoms with E-state index in [1.54, 1.807) is 7.11 Å². The van der Waals surface area contributed by atoms with Crippen molar-refractivity contribution < 1.29 is 9.84 Å². The molecular weight excluding hydrogens is 154 g/mol. The molecule has 3 heteroatoms. The van der Waals surface area contributed by atoms with Crippen molar-refractivity contribution in [3.63, 3.8) is 0 Å². The molecular formula is C9H21NO2. The number of hydrogen-bond acceptors (Lipinski definition) is 3. The summed E-state index contributed by atoms with van der Waals surface area (Å²) in [5.41, 5.74) is -0.261. The van der Waals surface area contributed by atoms with E-state index >= 15 is 0 Å². The molecule has 0 saturated carbocycles. The molecule has 1 atom stereocenters. The van der Waals surface area contributed by atoms with Crippen LogP contribution in [0.3, 0.4) is 0 Å². The van der Waals surface area contributed by atoms with Crippen molar-refractivity contribution in [3.05, 3.63) is 0 Å². The van der Waals surface area contributed by atoms with Crippen molar-refractivity contribution in [3.8, 4) is 0 Å². The van der Waals surface area contributed by atoms with Gasteiger partial charge in [0, 0.05) is 13.2 Å². The van der Waals surface area contributed by atoms with Gasteiger partial charge in [0.1, 0.15) is 0 Å². The molecule has 0 heterocycles. The van der Waals surface area contributed by atoms with Crippen molar-refractivity contribution in [1.82, 2.24) is 5.32 Å². The molecule has 12 heavy (non-hydrogen) atoms. The van der Waals surface area contributed by atoms with E-state index < -0.39 is 0 Å². The van der Waals surface area contributed by atoms with E-state index in [0.29, 0.717) is 12.6 Å². The van der Waals surface area contributed by atoms with Crippen LogP contribution in [0.4, 0.5) is 0 Å². The largest absolute Gasteiger partial charge is 0.394 e. The molecule has 0 aliphatic carbocycles. The van der Waals surface area contributed by atoms with Gasteiger partial charge in [0.25, 0.3) is 0 Å².